The van der Waals surface area contributed by atoms with E-state index < -0.39 is 10.8 Å². The van der Waals surface area contributed by atoms with Crippen LogP contribution in [0.5, 0.6) is 0 Å². The molecule has 160 valence electrons. The van der Waals surface area contributed by atoms with E-state index in [9.17, 15) is 19.3 Å². The number of nitrogens with two attached hydrogens (primary N) is 1. The fourth-order valence-corrected chi connectivity index (χ4v) is 3.05. The van der Waals surface area contributed by atoms with Crippen LogP contribution in [-0.4, -0.2) is 37.2 Å². The summed E-state index contributed by atoms with van der Waals surface area (Å²) >= 11 is 0.994. The molecule has 0 fully saturated rings. The van der Waals surface area contributed by atoms with E-state index in [2.05, 4.69) is 26.0 Å². The molecule has 0 bridgehead atoms. The minimum atomic E-state index is -0.578. The van der Waals surface area contributed by atoms with Gasteiger partial charge in [-0.25, -0.2) is 14.5 Å². The van der Waals surface area contributed by atoms with E-state index in [4.69, 9.17) is 5.84 Å². The number of nitrogens with one attached hydrogen (secondary N) is 2. The van der Waals surface area contributed by atoms with Crippen molar-refractivity contribution >= 4 is 40.7 Å². The number of anilines is 2. The third-order valence-electron chi connectivity index (χ3n) is 3.96. The zero-order chi connectivity index (χ0) is 22.4. The van der Waals surface area contributed by atoms with E-state index in [-0.39, 0.29) is 34.0 Å². The van der Waals surface area contributed by atoms with Gasteiger partial charge in [0.1, 0.15) is 11.5 Å². The lowest BCUT2D eigenvalue weighted by molar-refractivity contribution is -0.383. The van der Waals surface area contributed by atoms with Crippen molar-refractivity contribution in [1.82, 2.24) is 14.9 Å². The van der Waals surface area contributed by atoms with Crippen LogP contribution in [0.25, 0.3) is 0 Å². The Bertz CT molecular complexity index is 1130. The molecule has 0 atom stereocenters. The number of para-hydroxylation sites is 2. The van der Waals surface area contributed by atoms with E-state index in [1.54, 1.807) is 25.1 Å². The summed E-state index contributed by atoms with van der Waals surface area (Å²) in [4.78, 5) is 22.6. The first kappa shape index (κ1) is 21.7. The number of carbonyl (C=O) groups is 1. The lowest BCUT2D eigenvalue weighted by Crippen LogP contribution is -2.17. The Kier molecular flexibility index (Phi) is 6.77. The second-order valence-corrected chi connectivity index (χ2v) is 7.05. The Hall–Kier alpha value is -4.00. The van der Waals surface area contributed by atoms with Crippen LogP contribution in [0.1, 0.15) is 12.5 Å². The van der Waals surface area contributed by atoms with Gasteiger partial charge in [0, 0.05) is 6.07 Å². The molecule has 0 aliphatic heterocycles. The van der Waals surface area contributed by atoms with Crippen LogP contribution in [-0.2, 0) is 4.79 Å². The predicted molar refractivity (Wildman–Crippen MR) is 115 cm³/mol. The van der Waals surface area contributed by atoms with E-state index in [0.29, 0.717) is 11.3 Å². The fourth-order valence-electron chi connectivity index (χ4n) is 2.40. The van der Waals surface area contributed by atoms with Gasteiger partial charge in [-0.3, -0.25) is 14.9 Å². The highest BCUT2D eigenvalue weighted by molar-refractivity contribution is 7.99. The highest BCUT2D eigenvalue weighted by Gasteiger charge is 2.16. The predicted octanol–water partition coefficient (Wildman–Crippen LogP) is 2.61. The maximum atomic E-state index is 13.0. The number of hydrogen-bond acceptors (Lipinski definition) is 9. The van der Waals surface area contributed by atoms with Crippen LogP contribution in [0.2, 0.25) is 0 Å². The summed E-state index contributed by atoms with van der Waals surface area (Å²) in [6.07, 6.45) is 0. The van der Waals surface area contributed by atoms with Crippen LogP contribution in [0.15, 0.2) is 58.8 Å². The van der Waals surface area contributed by atoms with Crippen molar-refractivity contribution in [3.05, 3.63) is 70.0 Å². The summed E-state index contributed by atoms with van der Waals surface area (Å²) < 4.78 is 14.1. The number of nitrogens with zero attached hydrogens (tertiary/aromatic N) is 5. The molecule has 0 aliphatic carbocycles. The Balaban J connectivity index is 1.59. The zero-order valence-electron chi connectivity index (χ0n) is 16.2. The molecule has 0 aliphatic rings. The third-order valence-corrected chi connectivity index (χ3v) is 4.90. The van der Waals surface area contributed by atoms with Gasteiger partial charge in [0.2, 0.25) is 11.1 Å². The van der Waals surface area contributed by atoms with Crippen molar-refractivity contribution in [2.75, 3.05) is 22.3 Å². The molecule has 0 saturated carbocycles. The summed E-state index contributed by atoms with van der Waals surface area (Å²) in [5.74, 6) is 5.13. The van der Waals surface area contributed by atoms with Crippen molar-refractivity contribution in [2.45, 2.75) is 12.1 Å². The lowest BCUT2D eigenvalue weighted by atomic mass is 10.1. The Morgan fingerprint density at radius 2 is 1.97 bits per heavy atom. The number of amides is 1. The number of hydrogen-bond donors (Lipinski definition) is 3. The molecule has 1 amide bonds. The quantitative estimate of drug-likeness (QED) is 0.158. The number of thioether (sulfide) groups is 1. The molecule has 1 aromatic heterocycles. The number of nitro groups is 1. The smallest absolute Gasteiger partial charge is 0.292 e. The van der Waals surface area contributed by atoms with Crippen molar-refractivity contribution in [3.8, 4) is 0 Å². The fraction of sp³-hybridized carbons (Fsp3) is 0.111. The van der Waals surface area contributed by atoms with Crippen molar-refractivity contribution in [3.63, 3.8) is 0 Å². The number of hydrazone groups is 1. The van der Waals surface area contributed by atoms with Crippen LogP contribution < -0.4 is 16.6 Å². The minimum absolute atomic E-state index is 0.0975. The van der Waals surface area contributed by atoms with Gasteiger partial charge in [-0.2, -0.15) is 5.10 Å². The first-order valence-electron chi connectivity index (χ1n) is 8.78. The van der Waals surface area contributed by atoms with Gasteiger partial charge in [-0.15, -0.1) is 10.2 Å². The minimum Gasteiger partial charge on any atom is -0.334 e. The average Bonchev–Trinajstić information content (AvgIpc) is 3.10. The summed E-state index contributed by atoms with van der Waals surface area (Å²) in [6, 6.07) is 11.6. The van der Waals surface area contributed by atoms with Gasteiger partial charge in [0.15, 0.2) is 0 Å². The molecule has 11 nitrogen and oxygen atoms in total. The Labute approximate surface area is 179 Å². The first-order chi connectivity index (χ1) is 14.8. The van der Waals surface area contributed by atoms with Gasteiger partial charge in [0.05, 0.1) is 16.4 Å². The van der Waals surface area contributed by atoms with E-state index in [0.717, 1.165) is 16.4 Å². The lowest BCUT2D eigenvalue weighted by Gasteiger charge is -2.06. The average molecular weight is 444 g/mol. The largest absolute Gasteiger partial charge is 0.334 e. The van der Waals surface area contributed by atoms with Gasteiger partial charge >= 0.3 is 0 Å². The van der Waals surface area contributed by atoms with Crippen molar-refractivity contribution in [2.24, 2.45) is 5.10 Å². The summed E-state index contributed by atoms with van der Waals surface area (Å²) in [7, 11) is 0. The van der Waals surface area contributed by atoms with Gasteiger partial charge < -0.3 is 11.2 Å². The Morgan fingerprint density at radius 3 is 2.68 bits per heavy atom. The number of rotatable bonds is 8. The van der Waals surface area contributed by atoms with E-state index in [1.165, 1.54) is 30.3 Å². The molecule has 3 aromatic rings. The third kappa shape index (κ3) is 5.54. The molecular formula is C18H17FN8O3S. The maximum absolute atomic E-state index is 13.0. The highest BCUT2D eigenvalue weighted by atomic mass is 32.2. The topological polar surface area (TPSA) is 153 Å². The molecule has 2 aromatic carbocycles. The standard InChI is InChI=1S/C18H17FN8O3S/c1-11(12-6-8-13(19)9-7-12)22-23-17-24-25-18(26(17)20)31-10-16(28)21-14-4-2-3-5-15(14)27(29)30/h2-9H,10,20H2,1H3,(H,21,28)(H,23,24)/b22-11+. The van der Waals surface area contributed by atoms with Crippen LogP contribution in [0, 0.1) is 15.9 Å². The SMILES string of the molecule is C/C(=N\Nc1nnc(SCC(=O)Nc2ccccc2[N+](=O)[O-])n1N)c1ccc(F)cc1. The van der Waals surface area contributed by atoms with E-state index in [1.807, 2.05) is 0 Å². The summed E-state index contributed by atoms with van der Waals surface area (Å²) in [6.45, 7) is 1.72. The van der Waals surface area contributed by atoms with Crippen molar-refractivity contribution in [1.29, 1.82) is 0 Å². The highest BCUT2D eigenvalue weighted by Crippen LogP contribution is 2.24. The maximum Gasteiger partial charge on any atom is 0.292 e. The van der Waals surface area contributed by atoms with Crippen LogP contribution in [0.3, 0.4) is 0 Å². The Morgan fingerprint density at radius 1 is 1.26 bits per heavy atom. The van der Waals surface area contributed by atoms with Gasteiger partial charge in [-0.1, -0.05) is 36.0 Å². The molecule has 1 heterocycles. The molecule has 3 rings (SSSR count). The van der Waals surface area contributed by atoms with E-state index >= 15 is 0 Å². The summed E-state index contributed by atoms with van der Waals surface area (Å²) in [5.41, 5.74) is 3.83. The van der Waals surface area contributed by atoms with Crippen LogP contribution >= 0.6 is 11.8 Å². The molecule has 0 spiro atoms. The van der Waals surface area contributed by atoms with Gasteiger partial charge in [-0.05, 0) is 30.7 Å². The van der Waals surface area contributed by atoms with Crippen molar-refractivity contribution < 1.29 is 14.1 Å². The first-order valence-corrected chi connectivity index (χ1v) is 9.76. The second-order valence-electron chi connectivity index (χ2n) is 6.10. The summed E-state index contributed by atoms with van der Waals surface area (Å²) in [5, 5.41) is 25.6. The van der Waals surface area contributed by atoms with Gasteiger partial charge in [0.25, 0.3) is 11.6 Å². The molecular weight excluding hydrogens is 427 g/mol. The molecule has 0 unspecified atom stereocenters. The number of nitro benzene ring substituents is 1. The number of benzene rings is 2. The molecule has 31 heavy (non-hydrogen) atoms. The number of aromatic nitrogens is 3. The second kappa shape index (κ2) is 9.67. The molecule has 0 radical (unpaired) electrons. The normalized spacial score (nSPS) is 11.2. The molecule has 13 heteroatoms. The number of nitrogen functional groups attached to an aromatic ring is 1. The molecule has 4 N–H and O–H groups in total. The monoisotopic (exact) mass is 444 g/mol. The van der Waals surface area contributed by atoms with Crippen LogP contribution in [0.4, 0.5) is 21.7 Å². The number of halogens is 1. The number of carbonyl (C=O) groups excluding carboxylic acids is 1. The molecule has 0 saturated heterocycles. The zero-order valence-corrected chi connectivity index (χ0v) is 17.0.